The lowest BCUT2D eigenvalue weighted by Crippen LogP contribution is -2.03. The van der Waals surface area contributed by atoms with Gasteiger partial charge in [-0.25, -0.2) is 9.78 Å². The van der Waals surface area contributed by atoms with Crippen molar-refractivity contribution in [2.75, 3.05) is 26.6 Å². The van der Waals surface area contributed by atoms with Crippen molar-refractivity contribution in [2.45, 2.75) is 0 Å². The lowest BCUT2D eigenvalue weighted by atomic mass is 10.1. The fourth-order valence-electron chi connectivity index (χ4n) is 3.22. The van der Waals surface area contributed by atoms with Crippen molar-refractivity contribution in [1.82, 2.24) is 4.98 Å². The first-order valence-electron chi connectivity index (χ1n) is 9.74. The fourth-order valence-corrected chi connectivity index (χ4v) is 4.01. The first-order chi connectivity index (χ1) is 16.1. The Bertz CT molecular complexity index is 1420. The Morgan fingerprint density at radius 2 is 1.85 bits per heavy atom. The van der Waals surface area contributed by atoms with Crippen LogP contribution >= 0.6 is 11.3 Å². The number of hydrogen-bond donors (Lipinski definition) is 1. The van der Waals surface area contributed by atoms with E-state index < -0.39 is 5.63 Å². The van der Waals surface area contributed by atoms with E-state index in [9.17, 15) is 10.1 Å². The predicted octanol–water partition coefficient (Wildman–Crippen LogP) is 4.92. The molecular weight excluding hydrogens is 442 g/mol. The van der Waals surface area contributed by atoms with Gasteiger partial charge in [0.15, 0.2) is 11.5 Å². The zero-order valence-electron chi connectivity index (χ0n) is 18.0. The highest BCUT2D eigenvalue weighted by molar-refractivity contribution is 7.11. The third-order valence-corrected chi connectivity index (χ3v) is 5.70. The number of nitrogens with zero attached hydrogens (tertiary/aromatic N) is 2. The summed E-state index contributed by atoms with van der Waals surface area (Å²) in [5.41, 5.74) is 1.74. The van der Waals surface area contributed by atoms with Crippen LogP contribution in [0.15, 0.2) is 63.3 Å². The first-order valence-corrected chi connectivity index (χ1v) is 10.6. The van der Waals surface area contributed by atoms with Gasteiger partial charge in [0.05, 0.1) is 32.6 Å². The molecule has 0 fully saturated rings. The molecule has 4 rings (SSSR count). The van der Waals surface area contributed by atoms with Crippen molar-refractivity contribution in [3.05, 3.63) is 69.5 Å². The molecule has 9 heteroatoms. The number of thiazole rings is 1. The molecule has 0 amide bonds. The van der Waals surface area contributed by atoms with Gasteiger partial charge in [0.1, 0.15) is 22.2 Å². The highest BCUT2D eigenvalue weighted by atomic mass is 32.1. The molecule has 0 aliphatic heterocycles. The molecule has 0 aliphatic rings. The summed E-state index contributed by atoms with van der Waals surface area (Å²) in [5, 5.41) is 15.7. The summed E-state index contributed by atoms with van der Waals surface area (Å²) in [5.74, 6) is 1.42. The Hall–Kier alpha value is -4.29. The van der Waals surface area contributed by atoms with E-state index in [1.165, 1.54) is 38.9 Å². The number of allylic oxidation sites excluding steroid dienone is 1. The summed E-state index contributed by atoms with van der Waals surface area (Å²) >= 11 is 1.26. The van der Waals surface area contributed by atoms with Crippen LogP contribution in [0.3, 0.4) is 0 Å². The second-order valence-electron chi connectivity index (χ2n) is 6.75. The summed E-state index contributed by atoms with van der Waals surface area (Å²) in [6, 6.07) is 14.6. The first kappa shape index (κ1) is 21.9. The summed E-state index contributed by atoms with van der Waals surface area (Å²) in [4.78, 5) is 16.9. The monoisotopic (exact) mass is 461 g/mol. The van der Waals surface area contributed by atoms with Crippen LogP contribution in [0.25, 0.3) is 27.8 Å². The molecule has 0 saturated carbocycles. The minimum atomic E-state index is -0.483. The lowest BCUT2D eigenvalue weighted by Gasteiger charge is -2.14. The number of aromatic nitrogens is 1. The van der Waals surface area contributed by atoms with Gasteiger partial charge in [0.2, 0.25) is 5.75 Å². The lowest BCUT2D eigenvalue weighted by molar-refractivity contribution is 0.324. The molecule has 0 radical (unpaired) electrons. The number of nitriles is 1. The Balaban J connectivity index is 1.65. The van der Waals surface area contributed by atoms with Crippen LogP contribution in [-0.2, 0) is 0 Å². The topological polar surface area (TPSA) is 107 Å². The van der Waals surface area contributed by atoms with E-state index in [1.54, 1.807) is 35.7 Å². The van der Waals surface area contributed by atoms with E-state index in [2.05, 4.69) is 16.4 Å². The highest BCUT2D eigenvalue weighted by Gasteiger charge is 2.15. The van der Waals surface area contributed by atoms with Gasteiger partial charge in [0, 0.05) is 34.8 Å². The fraction of sp³-hybridized carbons (Fsp3) is 0.125. The minimum Gasteiger partial charge on any atom is -0.493 e. The Kier molecular flexibility index (Phi) is 6.29. The van der Waals surface area contributed by atoms with Crippen LogP contribution < -0.4 is 25.2 Å². The zero-order valence-corrected chi connectivity index (χ0v) is 18.9. The molecule has 4 aromatic rings. The minimum absolute atomic E-state index is 0.296. The molecule has 0 aliphatic carbocycles. The molecule has 2 aromatic heterocycles. The number of methoxy groups -OCH3 is 3. The Morgan fingerprint density at radius 3 is 2.52 bits per heavy atom. The van der Waals surface area contributed by atoms with Crippen molar-refractivity contribution < 1.29 is 18.6 Å². The van der Waals surface area contributed by atoms with Gasteiger partial charge in [-0.1, -0.05) is 18.2 Å². The average Bonchev–Trinajstić information content (AvgIpc) is 3.33. The Morgan fingerprint density at radius 1 is 1.12 bits per heavy atom. The molecule has 2 aromatic carbocycles. The van der Waals surface area contributed by atoms with E-state index in [0.717, 1.165) is 5.39 Å². The second-order valence-corrected chi connectivity index (χ2v) is 7.61. The predicted molar refractivity (Wildman–Crippen MR) is 127 cm³/mol. The Labute approximate surface area is 193 Å². The maximum atomic E-state index is 12.4. The van der Waals surface area contributed by atoms with Gasteiger partial charge in [-0.3, -0.25) is 0 Å². The maximum Gasteiger partial charge on any atom is 0.345 e. The molecule has 0 saturated heterocycles. The van der Waals surface area contributed by atoms with Crippen molar-refractivity contribution in [1.29, 1.82) is 5.26 Å². The SMILES string of the molecule is COc1cc(N/C=C(\C#N)c2nc(-c3cc4ccccc4oc3=O)cs2)cc(OC)c1OC. The van der Waals surface area contributed by atoms with Crippen molar-refractivity contribution in [2.24, 2.45) is 0 Å². The zero-order chi connectivity index (χ0) is 23.4. The van der Waals surface area contributed by atoms with E-state index in [1.807, 2.05) is 12.1 Å². The molecule has 2 heterocycles. The van der Waals surface area contributed by atoms with Gasteiger partial charge < -0.3 is 23.9 Å². The number of para-hydroxylation sites is 1. The number of nitrogens with one attached hydrogen (secondary N) is 1. The van der Waals surface area contributed by atoms with E-state index in [4.69, 9.17) is 18.6 Å². The summed E-state index contributed by atoms with van der Waals surface area (Å²) in [6.07, 6.45) is 1.53. The van der Waals surface area contributed by atoms with Crippen LogP contribution in [0.2, 0.25) is 0 Å². The normalized spacial score (nSPS) is 11.2. The van der Waals surface area contributed by atoms with Crippen molar-refractivity contribution in [3.63, 3.8) is 0 Å². The van der Waals surface area contributed by atoms with Crippen LogP contribution in [-0.4, -0.2) is 26.3 Å². The summed E-state index contributed by atoms with van der Waals surface area (Å²) in [7, 11) is 4.58. The van der Waals surface area contributed by atoms with Crippen LogP contribution in [0.1, 0.15) is 5.01 Å². The maximum absolute atomic E-state index is 12.4. The summed E-state index contributed by atoms with van der Waals surface area (Å²) in [6.45, 7) is 0. The third kappa shape index (κ3) is 4.37. The third-order valence-electron chi connectivity index (χ3n) is 4.82. The molecule has 0 bridgehead atoms. The molecule has 0 spiro atoms. The molecule has 0 atom stereocenters. The summed E-state index contributed by atoms with van der Waals surface area (Å²) < 4.78 is 21.4. The number of hydrogen-bond acceptors (Lipinski definition) is 9. The number of rotatable bonds is 7. The number of anilines is 1. The smallest absolute Gasteiger partial charge is 0.345 e. The van der Waals surface area contributed by atoms with Gasteiger partial charge in [-0.05, 0) is 12.1 Å². The van der Waals surface area contributed by atoms with E-state index in [0.29, 0.717) is 50.4 Å². The van der Waals surface area contributed by atoms with Gasteiger partial charge >= 0.3 is 5.63 Å². The quantitative estimate of drug-likeness (QED) is 0.305. The standard InChI is InChI=1S/C24H19N3O5S/c1-29-20-9-16(10-21(30-2)22(20)31-3)26-12-15(11-25)23-27-18(13-33-23)17-8-14-6-4-5-7-19(14)32-24(17)28/h4-10,12-13,26H,1-3H3/b15-12+. The van der Waals surface area contributed by atoms with Crippen molar-refractivity contribution >= 4 is 33.6 Å². The molecule has 0 unspecified atom stereocenters. The number of benzene rings is 2. The molecule has 8 nitrogen and oxygen atoms in total. The van der Waals surface area contributed by atoms with Gasteiger partial charge in [-0.15, -0.1) is 11.3 Å². The van der Waals surface area contributed by atoms with Crippen LogP contribution in [0, 0.1) is 11.3 Å². The average molecular weight is 461 g/mol. The second kappa shape index (κ2) is 9.46. The molecule has 166 valence electrons. The molecule has 1 N–H and O–H groups in total. The highest BCUT2D eigenvalue weighted by Crippen LogP contribution is 2.40. The van der Waals surface area contributed by atoms with Crippen molar-refractivity contribution in [3.8, 4) is 34.6 Å². The number of ether oxygens (including phenoxy) is 3. The molecular formula is C24H19N3O5S. The largest absolute Gasteiger partial charge is 0.493 e. The van der Waals surface area contributed by atoms with Crippen LogP contribution in [0.4, 0.5) is 5.69 Å². The van der Waals surface area contributed by atoms with E-state index in [-0.39, 0.29) is 0 Å². The number of fused-ring (bicyclic) bond motifs is 1. The van der Waals surface area contributed by atoms with Gasteiger partial charge in [-0.2, -0.15) is 5.26 Å². The van der Waals surface area contributed by atoms with Crippen LogP contribution in [0.5, 0.6) is 17.2 Å². The molecule has 33 heavy (non-hydrogen) atoms. The van der Waals surface area contributed by atoms with Gasteiger partial charge in [0.25, 0.3) is 0 Å². The van der Waals surface area contributed by atoms with E-state index >= 15 is 0 Å².